The van der Waals surface area contributed by atoms with Crippen LogP contribution in [0.1, 0.15) is 34.5 Å². The first-order valence-electron chi connectivity index (χ1n) is 9.61. The lowest BCUT2D eigenvalue weighted by molar-refractivity contribution is -0.145. The van der Waals surface area contributed by atoms with Gasteiger partial charge in [0.05, 0.1) is 22.9 Å². The van der Waals surface area contributed by atoms with Crippen LogP contribution in [0.3, 0.4) is 0 Å². The number of carboxylic acid groups (broad SMARTS) is 1. The average molecular weight is 390 g/mol. The van der Waals surface area contributed by atoms with Crippen molar-refractivity contribution in [2.24, 2.45) is 0 Å². The third-order valence-electron chi connectivity index (χ3n) is 5.73. The highest BCUT2D eigenvalue weighted by molar-refractivity contribution is 5.96. The van der Waals surface area contributed by atoms with Crippen LogP contribution in [-0.4, -0.2) is 40.0 Å². The Balaban J connectivity index is 1.53. The fraction of sp³-hybridized carbons (Fsp3) is 0.261. The number of piperidine rings is 1. The van der Waals surface area contributed by atoms with Gasteiger partial charge in [0.15, 0.2) is 5.76 Å². The summed E-state index contributed by atoms with van der Waals surface area (Å²) in [5.74, 6) is -0.302. The van der Waals surface area contributed by atoms with Crippen molar-refractivity contribution in [1.29, 1.82) is 0 Å². The van der Waals surface area contributed by atoms with Crippen molar-refractivity contribution in [2.75, 3.05) is 13.1 Å². The number of benzene rings is 1. The quantitative estimate of drug-likeness (QED) is 0.730. The summed E-state index contributed by atoms with van der Waals surface area (Å²) < 4.78 is 5.37. The van der Waals surface area contributed by atoms with E-state index in [1.165, 1.54) is 0 Å². The van der Waals surface area contributed by atoms with Gasteiger partial charge in [0, 0.05) is 13.1 Å². The number of aromatic nitrogens is 1. The second-order valence-corrected chi connectivity index (χ2v) is 7.35. The lowest BCUT2D eigenvalue weighted by atomic mass is 9.72. The first-order chi connectivity index (χ1) is 14.0. The number of rotatable bonds is 4. The summed E-state index contributed by atoms with van der Waals surface area (Å²) >= 11 is 0. The standard InChI is InChI=1S/C23H22N2O4/c1-16-18(9-10-19(24-16)20-8-5-15-29-20)21(26)25-13-11-23(12-14-25,22(27)28)17-6-3-2-4-7-17/h2-10,15H,11-14H2,1H3,(H,27,28). The highest BCUT2D eigenvalue weighted by atomic mass is 16.4. The molecule has 0 spiro atoms. The Hall–Kier alpha value is -3.41. The van der Waals surface area contributed by atoms with Crippen molar-refractivity contribution in [1.82, 2.24) is 9.88 Å². The molecule has 148 valence electrons. The number of pyridine rings is 1. The summed E-state index contributed by atoms with van der Waals surface area (Å²) in [6, 6.07) is 16.4. The molecule has 6 heteroatoms. The van der Waals surface area contributed by atoms with Crippen LogP contribution < -0.4 is 0 Å². The third kappa shape index (κ3) is 3.42. The Morgan fingerprint density at radius 1 is 1.03 bits per heavy atom. The number of hydrogen-bond donors (Lipinski definition) is 1. The fourth-order valence-corrected chi connectivity index (χ4v) is 3.99. The number of furan rings is 1. The van der Waals surface area contributed by atoms with E-state index in [9.17, 15) is 14.7 Å². The number of nitrogens with zero attached hydrogens (tertiary/aromatic N) is 2. The molecular weight excluding hydrogens is 368 g/mol. The maximum absolute atomic E-state index is 13.1. The van der Waals surface area contributed by atoms with Gasteiger partial charge in [-0.1, -0.05) is 30.3 Å². The Kier molecular flexibility index (Phi) is 4.92. The molecule has 0 atom stereocenters. The van der Waals surface area contributed by atoms with Gasteiger partial charge in [-0.2, -0.15) is 0 Å². The van der Waals surface area contributed by atoms with Gasteiger partial charge in [-0.3, -0.25) is 9.59 Å². The molecule has 1 fully saturated rings. The number of carboxylic acids is 1. The number of hydrogen-bond acceptors (Lipinski definition) is 4. The molecule has 2 aromatic heterocycles. The minimum absolute atomic E-state index is 0.118. The SMILES string of the molecule is Cc1nc(-c2ccco2)ccc1C(=O)N1CCC(C(=O)O)(c2ccccc2)CC1. The molecule has 1 aromatic carbocycles. The highest BCUT2D eigenvalue weighted by Gasteiger charge is 2.44. The van der Waals surface area contributed by atoms with Gasteiger partial charge >= 0.3 is 5.97 Å². The molecular formula is C23H22N2O4. The predicted molar refractivity (Wildman–Crippen MR) is 108 cm³/mol. The number of carbonyl (C=O) groups is 2. The molecule has 0 unspecified atom stereocenters. The van der Waals surface area contributed by atoms with E-state index in [0.717, 1.165) is 5.56 Å². The van der Waals surface area contributed by atoms with E-state index in [0.29, 0.717) is 48.6 Å². The monoisotopic (exact) mass is 390 g/mol. The minimum Gasteiger partial charge on any atom is -0.481 e. The number of amides is 1. The molecule has 3 heterocycles. The van der Waals surface area contributed by atoms with E-state index in [4.69, 9.17) is 4.42 Å². The largest absolute Gasteiger partial charge is 0.481 e. The maximum atomic E-state index is 13.1. The fourth-order valence-electron chi connectivity index (χ4n) is 3.99. The molecule has 1 aliphatic rings. The minimum atomic E-state index is -0.950. The van der Waals surface area contributed by atoms with E-state index in [2.05, 4.69) is 4.98 Å². The maximum Gasteiger partial charge on any atom is 0.314 e. The molecule has 0 radical (unpaired) electrons. The molecule has 6 nitrogen and oxygen atoms in total. The van der Waals surface area contributed by atoms with Crippen LogP contribution in [0.15, 0.2) is 65.3 Å². The summed E-state index contributed by atoms with van der Waals surface area (Å²) in [6.07, 6.45) is 2.35. The zero-order valence-electron chi connectivity index (χ0n) is 16.2. The van der Waals surface area contributed by atoms with Crippen LogP contribution in [-0.2, 0) is 10.2 Å². The van der Waals surface area contributed by atoms with Crippen molar-refractivity contribution in [3.05, 3.63) is 77.7 Å². The highest BCUT2D eigenvalue weighted by Crippen LogP contribution is 2.36. The van der Waals surface area contributed by atoms with Crippen molar-refractivity contribution in [3.8, 4) is 11.5 Å². The van der Waals surface area contributed by atoms with Crippen LogP contribution in [0.25, 0.3) is 11.5 Å². The topological polar surface area (TPSA) is 83.6 Å². The van der Waals surface area contributed by atoms with Crippen LogP contribution in [0.4, 0.5) is 0 Å². The molecule has 3 aromatic rings. The number of likely N-dealkylation sites (tertiary alicyclic amines) is 1. The van der Waals surface area contributed by atoms with Gasteiger partial charge in [-0.05, 0) is 49.6 Å². The molecule has 1 saturated heterocycles. The first kappa shape index (κ1) is 18.9. The van der Waals surface area contributed by atoms with Gasteiger partial charge in [-0.25, -0.2) is 4.98 Å². The second-order valence-electron chi connectivity index (χ2n) is 7.35. The normalized spacial score (nSPS) is 15.8. The number of aliphatic carboxylic acids is 1. The van der Waals surface area contributed by atoms with Crippen molar-refractivity contribution < 1.29 is 19.1 Å². The van der Waals surface area contributed by atoms with Gasteiger partial charge in [0.25, 0.3) is 5.91 Å². The summed E-state index contributed by atoms with van der Waals surface area (Å²) in [5, 5.41) is 9.93. The zero-order chi connectivity index (χ0) is 20.4. The van der Waals surface area contributed by atoms with Crippen LogP contribution in [0, 0.1) is 6.92 Å². The Labute approximate surface area is 168 Å². The van der Waals surface area contributed by atoms with Crippen LogP contribution in [0.2, 0.25) is 0 Å². The Morgan fingerprint density at radius 2 is 1.76 bits per heavy atom. The number of carbonyl (C=O) groups excluding carboxylic acids is 1. The van der Waals surface area contributed by atoms with Gasteiger partial charge in [0.1, 0.15) is 5.69 Å². The lowest BCUT2D eigenvalue weighted by Crippen LogP contribution is -2.49. The molecule has 1 amide bonds. The molecule has 0 bridgehead atoms. The average Bonchev–Trinajstić information content (AvgIpc) is 3.29. The van der Waals surface area contributed by atoms with E-state index in [1.807, 2.05) is 36.4 Å². The van der Waals surface area contributed by atoms with Crippen LogP contribution in [0.5, 0.6) is 0 Å². The van der Waals surface area contributed by atoms with E-state index >= 15 is 0 Å². The Morgan fingerprint density at radius 3 is 2.34 bits per heavy atom. The summed E-state index contributed by atoms with van der Waals surface area (Å²) in [6.45, 7) is 2.58. The summed E-state index contributed by atoms with van der Waals surface area (Å²) in [5.41, 5.74) is 1.68. The molecule has 1 aliphatic heterocycles. The molecule has 0 saturated carbocycles. The first-order valence-corrected chi connectivity index (χ1v) is 9.61. The second kappa shape index (κ2) is 7.54. The summed E-state index contributed by atoms with van der Waals surface area (Å²) in [4.78, 5) is 31.4. The zero-order valence-corrected chi connectivity index (χ0v) is 16.2. The molecule has 4 rings (SSSR count). The van der Waals surface area contributed by atoms with Crippen LogP contribution >= 0.6 is 0 Å². The van der Waals surface area contributed by atoms with E-state index in [-0.39, 0.29) is 5.91 Å². The number of aryl methyl sites for hydroxylation is 1. The van der Waals surface area contributed by atoms with Gasteiger partial charge in [0.2, 0.25) is 0 Å². The smallest absolute Gasteiger partial charge is 0.314 e. The molecule has 0 aliphatic carbocycles. The summed E-state index contributed by atoms with van der Waals surface area (Å²) in [7, 11) is 0. The molecule has 1 N–H and O–H groups in total. The van der Waals surface area contributed by atoms with Gasteiger partial charge in [-0.15, -0.1) is 0 Å². The van der Waals surface area contributed by atoms with Crippen molar-refractivity contribution in [3.63, 3.8) is 0 Å². The third-order valence-corrected chi connectivity index (χ3v) is 5.73. The van der Waals surface area contributed by atoms with Crippen molar-refractivity contribution >= 4 is 11.9 Å². The predicted octanol–water partition coefficient (Wildman–Crippen LogP) is 3.91. The molecule has 29 heavy (non-hydrogen) atoms. The van der Waals surface area contributed by atoms with E-state index < -0.39 is 11.4 Å². The lowest BCUT2D eigenvalue weighted by Gasteiger charge is -2.39. The van der Waals surface area contributed by atoms with E-state index in [1.54, 1.807) is 36.3 Å². The van der Waals surface area contributed by atoms with Crippen molar-refractivity contribution in [2.45, 2.75) is 25.2 Å². The van der Waals surface area contributed by atoms with Gasteiger partial charge < -0.3 is 14.4 Å². The Bertz CT molecular complexity index is 1020.